The molecule has 2 heterocycles. The summed E-state index contributed by atoms with van der Waals surface area (Å²) in [4.78, 5) is 21.3. The number of rotatable bonds is 10. The molecule has 0 fully saturated rings. The smallest absolute Gasteiger partial charge is 0.229 e. The van der Waals surface area contributed by atoms with Crippen molar-refractivity contribution in [1.29, 1.82) is 0 Å². The lowest BCUT2D eigenvalue weighted by molar-refractivity contribution is -0.116. The number of carbonyl (C=O) groups is 1. The van der Waals surface area contributed by atoms with E-state index in [4.69, 9.17) is 21.1 Å². The molecule has 0 bridgehead atoms. The Kier molecular flexibility index (Phi) is 7.12. The first kappa shape index (κ1) is 23.3. The van der Waals surface area contributed by atoms with E-state index in [1.54, 1.807) is 18.2 Å². The number of nitrogens with one attached hydrogen (secondary N) is 2. The van der Waals surface area contributed by atoms with Crippen LogP contribution in [0.4, 0.5) is 15.9 Å². The van der Waals surface area contributed by atoms with E-state index in [0.717, 1.165) is 0 Å². The summed E-state index contributed by atoms with van der Waals surface area (Å²) in [5.41, 5.74) is -0.377. The Morgan fingerprint density at radius 2 is 2.09 bits per heavy atom. The van der Waals surface area contributed by atoms with Gasteiger partial charge < -0.3 is 20.1 Å². The molecular formula is C22H21ClFN7O3. The summed E-state index contributed by atoms with van der Waals surface area (Å²) < 4.78 is 24.7. The third kappa shape index (κ3) is 5.37. The maximum Gasteiger partial charge on any atom is 0.229 e. The van der Waals surface area contributed by atoms with Crippen LogP contribution in [0.3, 0.4) is 0 Å². The summed E-state index contributed by atoms with van der Waals surface area (Å²) >= 11 is 5.73. The number of hydrogen-bond donors (Lipinski definition) is 2. The molecule has 0 aliphatic carbocycles. The Morgan fingerprint density at radius 1 is 1.21 bits per heavy atom. The number of ether oxygens (including phenoxy) is 2. The lowest BCUT2D eigenvalue weighted by atomic mass is 10.1. The van der Waals surface area contributed by atoms with Gasteiger partial charge in [-0.25, -0.2) is 14.4 Å². The zero-order valence-electron chi connectivity index (χ0n) is 18.2. The van der Waals surface area contributed by atoms with Gasteiger partial charge in [-0.15, -0.1) is 21.8 Å². The zero-order valence-corrected chi connectivity index (χ0v) is 18.9. The minimum absolute atomic E-state index is 0.168. The molecule has 176 valence electrons. The fourth-order valence-electron chi connectivity index (χ4n) is 3.33. The number of carbonyl (C=O) groups excluding carboxylic acids is 1. The van der Waals surface area contributed by atoms with Crippen LogP contribution in [0, 0.1) is 5.82 Å². The molecule has 34 heavy (non-hydrogen) atoms. The minimum Gasteiger partial charge on any atom is -0.493 e. The first-order valence-corrected chi connectivity index (χ1v) is 10.9. The van der Waals surface area contributed by atoms with Crippen LogP contribution < -0.4 is 20.1 Å². The average molecular weight is 486 g/mol. The number of amides is 1. The van der Waals surface area contributed by atoms with E-state index >= 15 is 0 Å². The van der Waals surface area contributed by atoms with Gasteiger partial charge in [-0.1, -0.05) is 6.07 Å². The van der Waals surface area contributed by atoms with Crippen molar-refractivity contribution in [1.82, 2.24) is 9.97 Å². The molecule has 0 saturated heterocycles. The molecule has 1 unspecified atom stereocenters. The van der Waals surface area contributed by atoms with Gasteiger partial charge in [-0.2, -0.15) is 0 Å². The SMILES string of the molecule is COc1cc2c(NC3(CC(=O)Nc4cccc(F)c4)C=NN=N3)ncnc2cc1OCCCCl. The van der Waals surface area contributed by atoms with Gasteiger partial charge in [0.05, 0.1) is 31.9 Å². The number of fused-ring (bicyclic) bond motifs is 1. The first-order chi connectivity index (χ1) is 16.5. The predicted molar refractivity (Wildman–Crippen MR) is 126 cm³/mol. The number of aromatic nitrogens is 2. The predicted octanol–water partition coefficient (Wildman–Crippen LogP) is 4.37. The first-order valence-electron chi connectivity index (χ1n) is 10.3. The maximum absolute atomic E-state index is 13.5. The van der Waals surface area contributed by atoms with Gasteiger partial charge in [-0.3, -0.25) is 4.79 Å². The Bertz CT molecular complexity index is 1240. The Labute approximate surface area is 199 Å². The summed E-state index contributed by atoms with van der Waals surface area (Å²) in [5, 5.41) is 18.0. The topological polar surface area (TPSA) is 122 Å². The van der Waals surface area contributed by atoms with Crippen LogP contribution in [0.1, 0.15) is 12.8 Å². The van der Waals surface area contributed by atoms with Gasteiger partial charge in [0.1, 0.15) is 18.0 Å². The second kappa shape index (κ2) is 10.4. The summed E-state index contributed by atoms with van der Waals surface area (Å²) in [6.45, 7) is 0.432. The largest absolute Gasteiger partial charge is 0.493 e. The lowest BCUT2D eigenvalue weighted by Gasteiger charge is -2.23. The van der Waals surface area contributed by atoms with Crippen LogP contribution in [-0.4, -0.2) is 47.3 Å². The molecule has 1 aromatic heterocycles. The van der Waals surface area contributed by atoms with Crippen LogP contribution in [0.5, 0.6) is 11.5 Å². The summed E-state index contributed by atoms with van der Waals surface area (Å²) in [6, 6.07) is 9.07. The summed E-state index contributed by atoms with van der Waals surface area (Å²) in [5.74, 6) is 1.01. The fraction of sp³-hybridized carbons (Fsp3) is 0.273. The highest BCUT2D eigenvalue weighted by Gasteiger charge is 2.35. The van der Waals surface area contributed by atoms with E-state index in [2.05, 4.69) is 36.0 Å². The van der Waals surface area contributed by atoms with Gasteiger partial charge in [0, 0.05) is 23.0 Å². The molecule has 1 aliphatic rings. The number of benzene rings is 2. The molecular weight excluding hydrogens is 465 g/mol. The van der Waals surface area contributed by atoms with Crippen molar-refractivity contribution < 1.29 is 18.7 Å². The Morgan fingerprint density at radius 3 is 2.82 bits per heavy atom. The number of hydrogen-bond acceptors (Lipinski definition) is 9. The molecule has 3 aromatic rings. The van der Waals surface area contributed by atoms with Crippen molar-refractivity contribution >= 4 is 46.1 Å². The molecule has 1 aliphatic heterocycles. The number of halogens is 2. The molecule has 10 nitrogen and oxygen atoms in total. The van der Waals surface area contributed by atoms with Crippen molar-refractivity contribution in [2.75, 3.05) is 30.2 Å². The highest BCUT2D eigenvalue weighted by Crippen LogP contribution is 2.35. The zero-order chi connectivity index (χ0) is 24.0. The maximum atomic E-state index is 13.5. The molecule has 0 radical (unpaired) electrons. The van der Waals surface area contributed by atoms with E-state index in [1.165, 1.54) is 37.9 Å². The number of alkyl halides is 1. The normalized spacial score (nSPS) is 16.6. The number of methoxy groups -OCH3 is 1. The highest BCUT2D eigenvalue weighted by atomic mass is 35.5. The average Bonchev–Trinajstić information content (AvgIpc) is 3.26. The third-order valence-corrected chi connectivity index (χ3v) is 5.14. The monoisotopic (exact) mass is 485 g/mol. The van der Waals surface area contributed by atoms with Crippen LogP contribution in [-0.2, 0) is 4.79 Å². The summed E-state index contributed by atoms with van der Waals surface area (Å²) in [7, 11) is 1.53. The third-order valence-electron chi connectivity index (χ3n) is 4.88. The summed E-state index contributed by atoms with van der Waals surface area (Å²) in [6.07, 6.45) is 3.30. The number of nitrogens with zero attached hydrogens (tertiary/aromatic N) is 5. The van der Waals surface area contributed by atoms with Crippen molar-refractivity contribution in [2.24, 2.45) is 15.4 Å². The van der Waals surface area contributed by atoms with E-state index in [0.29, 0.717) is 52.8 Å². The Balaban J connectivity index is 1.59. The van der Waals surface area contributed by atoms with Crippen LogP contribution in [0.15, 0.2) is 58.2 Å². The van der Waals surface area contributed by atoms with E-state index in [9.17, 15) is 9.18 Å². The van der Waals surface area contributed by atoms with E-state index in [-0.39, 0.29) is 6.42 Å². The van der Waals surface area contributed by atoms with E-state index < -0.39 is 17.4 Å². The Hall–Kier alpha value is -3.86. The lowest BCUT2D eigenvalue weighted by Crippen LogP contribution is -2.40. The molecule has 4 rings (SSSR count). The van der Waals surface area contributed by atoms with Gasteiger partial charge in [0.15, 0.2) is 17.2 Å². The van der Waals surface area contributed by atoms with Gasteiger partial charge >= 0.3 is 0 Å². The fourth-order valence-corrected chi connectivity index (χ4v) is 3.44. The van der Waals surface area contributed by atoms with Crippen LogP contribution in [0.2, 0.25) is 0 Å². The van der Waals surface area contributed by atoms with Crippen LogP contribution in [0.25, 0.3) is 10.9 Å². The van der Waals surface area contributed by atoms with Gasteiger partial charge in [0.2, 0.25) is 5.91 Å². The molecule has 0 spiro atoms. The molecule has 12 heteroatoms. The standard InChI is InChI=1S/C22H21ClFN7O3/c1-33-18-9-16-17(10-19(18)34-7-3-6-23)25-13-26-21(16)29-22(12-27-31-30-22)11-20(32)28-15-5-2-4-14(24)8-15/h2,4-5,8-10,12-13H,3,6-7,11H2,1H3,(H,28,32)(H,25,26,29). The molecule has 0 saturated carbocycles. The number of anilines is 2. The van der Waals surface area contributed by atoms with Gasteiger partial charge in [0.25, 0.3) is 0 Å². The second-order valence-corrected chi connectivity index (χ2v) is 7.73. The van der Waals surface area contributed by atoms with Crippen molar-refractivity contribution in [3.63, 3.8) is 0 Å². The molecule has 2 aromatic carbocycles. The van der Waals surface area contributed by atoms with E-state index in [1.807, 2.05) is 0 Å². The van der Waals surface area contributed by atoms with Gasteiger partial charge in [-0.05, 0) is 35.9 Å². The second-order valence-electron chi connectivity index (χ2n) is 7.35. The quantitative estimate of drug-likeness (QED) is 0.324. The molecule has 2 N–H and O–H groups in total. The molecule has 1 atom stereocenters. The minimum atomic E-state index is -1.29. The van der Waals surface area contributed by atoms with Crippen molar-refractivity contribution in [2.45, 2.75) is 18.5 Å². The molecule has 1 amide bonds. The highest BCUT2D eigenvalue weighted by molar-refractivity contribution is 6.17. The van der Waals surface area contributed by atoms with Crippen molar-refractivity contribution in [3.05, 3.63) is 48.5 Å². The van der Waals surface area contributed by atoms with Crippen molar-refractivity contribution in [3.8, 4) is 11.5 Å². The van der Waals surface area contributed by atoms with Crippen LogP contribution >= 0.6 is 11.6 Å².